The molecule has 0 spiro atoms. The van der Waals surface area contributed by atoms with E-state index < -0.39 is 6.10 Å². The van der Waals surface area contributed by atoms with Gasteiger partial charge in [-0.3, -0.25) is 9.80 Å². The Hall–Kier alpha value is -1.44. The lowest BCUT2D eigenvalue weighted by Gasteiger charge is -2.35. The van der Waals surface area contributed by atoms with Gasteiger partial charge in [-0.25, -0.2) is 0 Å². The zero-order chi connectivity index (χ0) is 18.0. The van der Waals surface area contributed by atoms with Gasteiger partial charge in [0.2, 0.25) is 0 Å². The van der Waals surface area contributed by atoms with Crippen molar-refractivity contribution in [1.29, 1.82) is 0 Å². The summed E-state index contributed by atoms with van der Waals surface area (Å²) in [5.74, 6) is 0.928. The Morgan fingerprint density at radius 3 is 2.50 bits per heavy atom. The molecule has 2 aromatic rings. The molecular formula is C20H28N2O3S. The molecule has 3 rings (SSSR count). The second kappa shape index (κ2) is 10.6. The first-order chi connectivity index (χ1) is 12.8. The molecule has 1 N–H and O–H groups in total. The molecule has 1 unspecified atom stereocenters. The third-order valence-corrected chi connectivity index (χ3v) is 5.34. The van der Waals surface area contributed by atoms with Crippen LogP contribution in [-0.4, -0.2) is 73.5 Å². The molecule has 1 atom stereocenters. The van der Waals surface area contributed by atoms with E-state index in [1.165, 1.54) is 4.88 Å². The predicted molar refractivity (Wildman–Crippen MR) is 105 cm³/mol. The second-order valence-electron chi connectivity index (χ2n) is 6.55. The molecule has 1 aliphatic heterocycles. The van der Waals surface area contributed by atoms with E-state index in [-0.39, 0.29) is 0 Å². The number of hydrogen-bond donors (Lipinski definition) is 1. The highest BCUT2D eigenvalue weighted by molar-refractivity contribution is 7.09. The Morgan fingerprint density at radius 2 is 1.77 bits per heavy atom. The summed E-state index contributed by atoms with van der Waals surface area (Å²) in [4.78, 5) is 5.93. The lowest BCUT2D eigenvalue weighted by Crippen LogP contribution is -2.49. The Labute approximate surface area is 159 Å². The molecule has 1 aromatic heterocycles. The van der Waals surface area contributed by atoms with E-state index in [1.54, 1.807) is 11.3 Å². The van der Waals surface area contributed by atoms with Crippen LogP contribution in [0.3, 0.4) is 0 Å². The summed E-state index contributed by atoms with van der Waals surface area (Å²) < 4.78 is 11.4. The van der Waals surface area contributed by atoms with Crippen molar-refractivity contribution in [1.82, 2.24) is 9.80 Å². The largest absolute Gasteiger partial charge is 0.492 e. The number of β-amino-alcohol motifs (C(OH)–C–C–N with tert-alkyl or cyclic N) is 1. The number of nitrogens with zero attached hydrogens (tertiary/aromatic N) is 2. The van der Waals surface area contributed by atoms with Crippen molar-refractivity contribution in [2.75, 3.05) is 52.5 Å². The average Bonchev–Trinajstić information content (AvgIpc) is 3.18. The lowest BCUT2D eigenvalue weighted by atomic mass is 10.2. The summed E-state index contributed by atoms with van der Waals surface area (Å²) in [7, 11) is 0. The van der Waals surface area contributed by atoms with Gasteiger partial charge in [0.05, 0.1) is 19.3 Å². The summed E-state index contributed by atoms with van der Waals surface area (Å²) in [5.41, 5.74) is 0. The number of para-hydroxylation sites is 1. The van der Waals surface area contributed by atoms with Crippen LogP contribution in [0.25, 0.3) is 0 Å². The van der Waals surface area contributed by atoms with Crippen LogP contribution >= 0.6 is 11.3 Å². The van der Waals surface area contributed by atoms with Gasteiger partial charge in [-0.05, 0) is 23.6 Å². The Balaban J connectivity index is 1.25. The van der Waals surface area contributed by atoms with Crippen LogP contribution in [-0.2, 0) is 11.3 Å². The van der Waals surface area contributed by atoms with Gasteiger partial charge in [0.1, 0.15) is 12.4 Å². The van der Waals surface area contributed by atoms with E-state index in [0.29, 0.717) is 26.4 Å². The Kier molecular flexibility index (Phi) is 7.91. The molecule has 26 heavy (non-hydrogen) atoms. The van der Waals surface area contributed by atoms with Gasteiger partial charge in [-0.1, -0.05) is 24.3 Å². The summed E-state index contributed by atoms with van der Waals surface area (Å²) in [6, 6.07) is 14.0. The Morgan fingerprint density at radius 1 is 1.00 bits per heavy atom. The standard InChI is InChI=1S/C20H28N2O3S/c23-18(16-24-17-20-7-4-14-26-20)15-22-10-8-21(9-11-22)12-13-25-19-5-2-1-3-6-19/h1-7,14,18,23H,8-13,15-17H2. The molecule has 2 heterocycles. The molecule has 142 valence electrons. The maximum atomic E-state index is 10.2. The molecule has 1 aromatic carbocycles. The number of hydrogen-bond acceptors (Lipinski definition) is 6. The lowest BCUT2D eigenvalue weighted by molar-refractivity contribution is 0.00138. The maximum Gasteiger partial charge on any atom is 0.119 e. The first-order valence-electron chi connectivity index (χ1n) is 9.20. The minimum absolute atomic E-state index is 0.392. The molecule has 0 saturated carbocycles. The number of aliphatic hydroxyl groups is 1. The smallest absolute Gasteiger partial charge is 0.119 e. The van der Waals surface area contributed by atoms with Gasteiger partial charge in [0.25, 0.3) is 0 Å². The molecule has 0 aliphatic carbocycles. The monoisotopic (exact) mass is 376 g/mol. The van der Waals surface area contributed by atoms with Crippen molar-refractivity contribution in [3.05, 3.63) is 52.7 Å². The number of thiophene rings is 1. The third kappa shape index (κ3) is 6.70. The molecule has 6 heteroatoms. The fraction of sp³-hybridized carbons (Fsp3) is 0.500. The van der Waals surface area contributed by atoms with E-state index >= 15 is 0 Å². The highest BCUT2D eigenvalue weighted by Crippen LogP contribution is 2.11. The summed E-state index contributed by atoms with van der Waals surface area (Å²) in [6.07, 6.45) is -0.428. The van der Waals surface area contributed by atoms with Crippen LogP contribution in [0.15, 0.2) is 47.8 Å². The van der Waals surface area contributed by atoms with Gasteiger partial charge in [0.15, 0.2) is 0 Å². The minimum atomic E-state index is -0.428. The fourth-order valence-electron chi connectivity index (χ4n) is 3.05. The highest BCUT2D eigenvalue weighted by atomic mass is 32.1. The van der Waals surface area contributed by atoms with Crippen molar-refractivity contribution in [2.45, 2.75) is 12.7 Å². The van der Waals surface area contributed by atoms with Crippen molar-refractivity contribution in [2.24, 2.45) is 0 Å². The predicted octanol–water partition coefficient (Wildman–Crippen LogP) is 2.32. The molecule has 5 nitrogen and oxygen atoms in total. The zero-order valence-electron chi connectivity index (χ0n) is 15.1. The number of rotatable bonds is 10. The van der Waals surface area contributed by atoms with Gasteiger partial charge >= 0.3 is 0 Å². The molecule has 0 amide bonds. The molecule has 1 fully saturated rings. The van der Waals surface area contributed by atoms with E-state index in [1.807, 2.05) is 41.8 Å². The normalized spacial score (nSPS) is 17.3. The van der Waals surface area contributed by atoms with Crippen LogP contribution in [0.2, 0.25) is 0 Å². The number of benzene rings is 1. The molecule has 1 saturated heterocycles. The maximum absolute atomic E-state index is 10.2. The summed E-state index contributed by atoms with van der Waals surface area (Å²) in [6.45, 7) is 7.30. The quantitative estimate of drug-likeness (QED) is 0.690. The van der Waals surface area contributed by atoms with Gasteiger partial charge < -0.3 is 14.6 Å². The van der Waals surface area contributed by atoms with Crippen molar-refractivity contribution in [3.8, 4) is 5.75 Å². The molecule has 0 bridgehead atoms. The van der Waals surface area contributed by atoms with Crippen molar-refractivity contribution < 1.29 is 14.6 Å². The first-order valence-corrected chi connectivity index (χ1v) is 10.1. The second-order valence-corrected chi connectivity index (χ2v) is 7.58. The fourth-order valence-corrected chi connectivity index (χ4v) is 3.69. The Bertz CT molecular complexity index is 601. The number of aliphatic hydroxyl groups excluding tert-OH is 1. The molecular weight excluding hydrogens is 348 g/mol. The van der Waals surface area contributed by atoms with Crippen LogP contribution in [0.1, 0.15) is 4.88 Å². The summed E-state index contributed by atoms with van der Waals surface area (Å²) >= 11 is 1.68. The van der Waals surface area contributed by atoms with Crippen LogP contribution in [0.5, 0.6) is 5.75 Å². The SMILES string of the molecule is OC(COCc1cccs1)CN1CCN(CCOc2ccccc2)CC1. The number of ether oxygens (including phenoxy) is 2. The van der Waals surface area contributed by atoms with Crippen LogP contribution in [0, 0.1) is 0 Å². The number of piperazine rings is 1. The minimum Gasteiger partial charge on any atom is -0.492 e. The van der Waals surface area contributed by atoms with Crippen molar-refractivity contribution >= 4 is 11.3 Å². The first kappa shape index (κ1) is 19.3. The van der Waals surface area contributed by atoms with Crippen LogP contribution < -0.4 is 4.74 Å². The van der Waals surface area contributed by atoms with E-state index in [9.17, 15) is 5.11 Å². The van der Waals surface area contributed by atoms with E-state index in [0.717, 1.165) is 38.5 Å². The van der Waals surface area contributed by atoms with E-state index in [2.05, 4.69) is 15.9 Å². The summed E-state index contributed by atoms with van der Waals surface area (Å²) in [5, 5.41) is 12.2. The third-order valence-electron chi connectivity index (χ3n) is 4.49. The van der Waals surface area contributed by atoms with Crippen LogP contribution in [0.4, 0.5) is 0 Å². The average molecular weight is 377 g/mol. The van der Waals surface area contributed by atoms with Gasteiger partial charge in [-0.15, -0.1) is 11.3 Å². The molecule has 0 radical (unpaired) electrons. The van der Waals surface area contributed by atoms with Crippen molar-refractivity contribution in [3.63, 3.8) is 0 Å². The molecule has 1 aliphatic rings. The highest BCUT2D eigenvalue weighted by Gasteiger charge is 2.19. The van der Waals surface area contributed by atoms with E-state index in [4.69, 9.17) is 9.47 Å². The zero-order valence-corrected chi connectivity index (χ0v) is 15.9. The topological polar surface area (TPSA) is 45.2 Å². The van der Waals surface area contributed by atoms with Gasteiger partial charge in [-0.2, -0.15) is 0 Å². The van der Waals surface area contributed by atoms with Gasteiger partial charge in [0, 0.05) is 44.1 Å².